The second kappa shape index (κ2) is 10.9. The van der Waals surface area contributed by atoms with Crippen LogP contribution in [0.2, 0.25) is 0 Å². The minimum atomic E-state index is -2.72. The summed E-state index contributed by atoms with van der Waals surface area (Å²) in [5.41, 5.74) is 6.50. The molecule has 4 aromatic heterocycles. The van der Waals surface area contributed by atoms with Crippen LogP contribution in [0, 0.1) is 11.3 Å². The first-order valence-electron chi connectivity index (χ1n) is 13.3. The average Bonchev–Trinajstić information content (AvgIpc) is 3.66. The molecular formula is C30H28F2N8. The molecule has 0 N–H and O–H groups in total. The summed E-state index contributed by atoms with van der Waals surface area (Å²) in [5, 5.41) is 17.8. The van der Waals surface area contributed by atoms with Gasteiger partial charge >= 0.3 is 6.55 Å². The van der Waals surface area contributed by atoms with E-state index in [2.05, 4.69) is 57.3 Å². The van der Waals surface area contributed by atoms with E-state index in [1.807, 2.05) is 18.2 Å². The predicted molar refractivity (Wildman–Crippen MR) is 149 cm³/mol. The van der Waals surface area contributed by atoms with Crippen molar-refractivity contribution in [1.82, 2.24) is 29.3 Å². The molecule has 1 aliphatic heterocycles. The summed E-state index contributed by atoms with van der Waals surface area (Å²) in [4.78, 5) is 9.51. The minimum absolute atomic E-state index is 0.425. The van der Waals surface area contributed by atoms with Crippen LogP contribution in [0.15, 0.2) is 73.4 Å². The number of benzene rings is 1. The molecule has 40 heavy (non-hydrogen) atoms. The zero-order valence-corrected chi connectivity index (χ0v) is 22.1. The first-order valence-corrected chi connectivity index (χ1v) is 13.3. The van der Waals surface area contributed by atoms with Crippen molar-refractivity contribution in [1.29, 1.82) is 5.26 Å². The van der Waals surface area contributed by atoms with Gasteiger partial charge in [-0.25, -0.2) is 14.2 Å². The highest BCUT2D eigenvalue weighted by Crippen LogP contribution is 2.32. The lowest BCUT2D eigenvalue weighted by atomic mass is 10.0. The van der Waals surface area contributed by atoms with E-state index in [1.165, 1.54) is 29.7 Å². The van der Waals surface area contributed by atoms with Gasteiger partial charge in [0.2, 0.25) is 0 Å². The summed E-state index contributed by atoms with van der Waals surface area (Å²) in [7, 11) is 0. The molecule has 1 saturated heterocycles. The van der Waals surface area contributed by atoms with Gasteiger partial charge in [-0.15, -0.1) is 0 Å². The van der Waals surface area contributed by atoms with Crippen LogP contribution < -0.4 is 4.90 Å². The molecule has 0 saturated carbocycles. The zero-order valence-electron chi connectivity index (χ0n) is 22.1. The van der Waals surface area contributed by atoms with Crippen molar-refractivity contribution in [3.63, 3.8) is 0 Å². The highest BCUT2D eigenvalue weighted by Gasteiger charge is 2.20. The average molecular weight is 539 g/mol. The van der Waals surface area contributed by atoms with Crippen molar-refractivity contribution in [2.45, 2.75) is 26.4 Å². The first-order chi connectivity index (χ1) is 19.5. The Hall–Kier alpha value is -4.62. The van der Waals surface area contributed by atoms with Crippen LogP contribution >= 0.6 is 0 Å². The van der Waals surface area contributed by atoms with E-state index in [0.29, 0.717) is 26.9 Å². The fraction of sp³-hybridized carbons (Fsp3) is 0.267. The molecule has 6 rings (SSSR count). The molecule has 10 heteroatoms. The van der Waals surface area contributed by atoms with Crippen molar-refractivity contribution < 1.29 is 8.78 Å². The Bertz CT molecular complexity index is 1660. The number of halogens is 2. The third-order valence-electron chi connectivity index (χ3n) is 7.46. The molecule has 0 bridgehead atoms. The van der Waals surface area contributed by atoms with Gasteiger partial charge < -0.3 is 4.90 Å². The number of pyridine rings is 2. The van der Waals surface area contributed by atoms with Crippen molar-refractivity contribution in [2.75, 3.05) is 31.1 Å². The molecule has 1 fully saturated rings. The highest BCUT2D eigenvalue weighted by atomic mass is 19.3. The van der Waals surface area contributed by atoms with Crippen molar-refractivity contribution in [3.05, 3.63) is 90.1 Å². The normalized spacial score (nSPS) is 14.2. The van der Waals surface area contributed by atoms with Gasteiger partial charge in [-0.3, -0.25) is 4.90 Å². The van der Waals surface area contributed by atoms with E-state index in [-0.39, 0.29) is 0 Å². The summed E-state index contributed by atoms with van der Waals surface area (Å²) in [6.45, 7) is 4.06. The highest BCUT2D eigenvalue weighted by molar-refractivity contribution is 5.87. The Morgan fingerprint density at radius 3 is 2.30 bits per heavy atom. The number of piperazine rings is 1. The van der Waals surface area contributed by atoms with Crippen LogP contribution in [0.5, 0.6) is 0 Å². The Balaban J connectivity index is 1.21. The third kappa shape index (κ3) is 5.03. The number of fused-ring (bicyclic) bond motifs is 1. The van der Waals surface area contributed by atoms with E-state index in [1.54, 1.807) is 16.9 Å². The molecular weight excluding hydrogens is 510 g/mol. The number of aromatic nitrogens is 5. The lowest BCUT2D eigenvalue weighted by molar-refractivity contribution is 0.0566. The quantitative estimate of drug-likeness (QED) is 0.276. The number of anilines is 1. The van der Waals surface area contributed by atoms with Gasteiger partial charge in [-0.05, 0) is 35.7 Å². The molecule has 0 aliphatic carbocycles. The molecule has 5 heterocycles. The Morgan fingerprint density at radius 2 is 1.65 bits per heavy atom. The SMILES string of the molecule is CCc1ccc(CN2CCN(c3ccc(-c4cc(-c5cnn(C(F)F)c5)cn5ncc(C#N)c45)cn3)CC2)cc1. The van der Waals surface area contributed by atoms with E-state index >= 15 is 0 Å². The van der Waals surface area contributed by atoms with Gasteiger partial charge in [-0.1, -0.05) is 31.2 Å². The van der Waals surface area contributed by atoms with Crippen LogP contribution in [0.1, 0.15) is 30.2 Å². The van der Waals surface area contributed by atoms with E-state index < -0.39 is 6.55 Å². The molecule has 202 valence electrons. The topological polar surface area (TPSA) is 78.3 Å². The summed E-state index contributed by atoms with van der Waals surface area (Å²) in [6.07, 6.45) is 8.76. The second-order valence-electron chi connectivity index (χ2n) is 9.93. The minimum Gasteiger partial charge on any atom is -0.354 e. The van der Waals surface area contributed by atoms with Gasteiger partial charge in [0.25, 0.3) is 0 Å². The summed E-state index contributed by atoms with van der Waals surface area (Å²) in [5.74, 6) is 0.898. The van der Waals surface area contributed by atoms with Crippen LogP contribution in [-0.2, 0) is 13.0 Å². The standard InChI is InChI=1S/C30H28F2N8/c1-2-21-3-5-22(6-4-21)18-37-9-11-38(12-10-37)28-8-7-23(15-34-28)27-13-24(26-17-36-40(20-26)30(31)32)19-39-29(27)25(14-33)16-35-39/h3-8,13,15-17,19-20,30H,2,9-12,18H2,1H3. The molecule has 0 spiro atoms. The van der Waals surface area contributed by atoms with Crippen molar-refractivity contribution in [3.8, 4) is 28.3 Å². The number of rotatable bonds is 7. The van der Waals surface area contributed by atoms with Crippen LogP contribution in [0.3, 0.4) is 0 Å². The number of hydrogen-bond donors (Lipinski definition) is 0. The smallest absolute Gasteiger partial charge is 0.333 e. The number of alkyl halides is 2. The fourth-order valence-electron chi connectivity index (χ4n) is 5.18. The molecule has 0 radical (unpaired) electrons. The maximum Gasteiger partial charge on any atom is 0.333 e. The first kappa shape index (κ1) is 25.6. The Kier molecular flexibility index (Phi) is 6.97. The van der Waals surface area contributed by atoms with Gasteiger partial charge in [-0.2, -0.15) is 24.2 Å². The lowest BCUT2D eigenvalue weighted by Gasteiger charge is -2.35. The van der Waals surface area contributed by atoms with Crippen LogP contribution in [0.4, 0.5) is 14.6 Å². The van der Waals surface area contributed by atoms with Crippen LogP contribution in [-0.4, -0.2) is 55.5 Å². The predicted octanol–water partition coefficient (Wildman–Crippen LogP) is 5.41. The van der Waals surface area contributed by atoms with Gasteiger partial charge in [0.1, 0.15) is 11.9 Å². The third-order valence-corrected chi connectivity index (χ3v) is 7.46. The molecule has 5 aromatic rings. The Labute approximate surface area is 230 Å². The van der Waals surface area contributed by atoms with E-state index in [9.17, 15) is 14.0 Å². The summed E-state index contributed by atoms with van der Waals surface area (Å²) in [6, 6.07) is 16.9. The fourth-order valence-corrected chi connectivity index (χ4v) is 5.18. The number of aryl methyl sites for hydroxylation is 1. The molecule has 1 aromatic carbocycles. The number of nitrogens with zero attached hydrogens (tertiary/aromatic N) is 8. The summed E-state index contributed by atoms with van der Waals surface area (Å²) >= 11 is 0. The van der Waals surface area contributed by atoms with Crippen LogP contribution in [0.25, 0.3) is 27.8 Å². The van der Waals surface area contributed by atoms with E-state index in [4.69, 9.17) is 4.98 Å². The molecule has 1 aliphatic rings. The number of hydrogen-bond acceptors (Lipinski definition) is 6. The monoisotopic (exact) mass is 538 g/mol. The maximum atomic E-state index is 13.1. The van der Waals surface area contributed by atoms with Gasteiger partial charge in [0.05, 0.1) is 23.5 Å². The maximum absolute atomic E-state index is 13.1. The number of nitriles is 1. The van der Waals surface area contributed by atoms with Gasteiger partial charge in [0, 0.05) is 73.6 Å². The molecule has 0 amide bonds. The van der Waals surface area contributed by atoms with Gasteiger partial charge in [0.15, 0.2) is 0 Å². The molecule has 8 nitrogen and oxygen atoms in total. The van der Waals surface area contributed by atoms with E-state index in [0.717, 1.165) is 56.1 Å². The Morgan fingerprint density at radius 1 is 0.875 bits per heavy atom. The van der Waals surface area contributed by atoms with Crippen molar-refractivity contribution >= 4 is 11.3 Å². The summed E-state index contributed by atoms with van der Waals surface area (Å²) < 4.78 is 28.4. The lowest BCUT2D eigenvalue weighted by Crippen LogP contribution is -2.46. The molecule has 0 atom stereocenters. The molecule has 0 unspecified atom stereocenters. The largest absolute Gasteiger partial charge is 0.354 e. The second-order valence-corrected chi connectivity index (χ2v) is 9.93. The zero-order chi connectivity index (χ0) is 27.6. The van der Waals surface area contributed by atoms with Crippen molar-refractivity contribution in [2.24, 2.45) is 0 Å².